The van der Waals surface area contributed by atoms with E-state index in [4.69, 9.17) is 0 Å². The first kappa shape index (κ1) is 12.8. The monoisotopic (exact) mass is 240 g/mol. The smallest absolute Gasteiger partial charge is 0.306 e. The Bertz CT molecular complexity index is 244. The predicted octanol–water partition coefficient (Wildman–Crippen LogP) is 1.01. The number of piperidine rings is 1. The van der Waals surface area contributed by atoms with Crippen LogP contribution in [0.5, 0.6) is 0 Å². The normalized spacial score (nSPS) is 27.2. The number of carbonyl (C=O) groups excluding carboxylic acids is 1. The summed E-state index contributed by atoms with van der Waals surface area (Å²) in [5, 5.41) is 3.61. The molecule has 2 heterocycles. The molecular weight excluding hydrogens is 216 g/mol. The van der Waals surface area contributed by atoms with Crippen molar-refractivity contribution in [1.29, 1.82) is 0 Å². The third-order valence-corrected chi connectivity index (χ3v) is 4.16. The summed E-state index contributed by atoms with van der Waals surface area (Å²) in [5.41, 5.74) is 0. The van der Waals surface area contributed by atoms with Crippen molar-refractivity contribution in [3.05, 3.63) is 0 Å². The summed E-state index contributed by atoms with van der Waals surface area (Å²) < 4.78 is 4.67. The zero-order valence-corrected chi connectivity index (χ0v) is 10.8. The van der Waals surface area contributed by atoms with Gasteiger partial charge in [0, 0.05) is 12.6 Å². The van der Waals surface area contributed by atoms with E-state index in [1.54, 1.807) is 0 Å². The van der Waals surface area contributed by atoms with Crippen LogP contribution in [0.4, 0.5) is 0 Å². The maximum atomic E-state index is 11.1. The van der Waals surface area contributed by atoms with Crippen LogP contribution < -0.4 is 5.32 Å². The number of methoxy groups -OCH3 is 1. The van der Waals surface area contributed by atoms with E-state index in [2.05, 4.69) is 15.0 Å². The molecule has 1 unspecified atom stereocenters. The van der Waals surface area contributed by atoms with Crippen molar-refractivity contribution in [3.63, 3.8) is 0 Å². The van der Waals surface area contributed by atoms with Gasteiger partial charge in [-0.2, -0.15) is 0 Å². The van der Waals surface area contributed by atoms with E-state index in [1.807, 2.05) is 0 Å². The van der Waals surface area contributed by atoms with Gasteiger partial charge in [-0.1, -0.05) is 0 Å². The second-order valence-corrected chi connectivity index (χ2v) is 5.21. The zero-order chi connectivity index (χ0) is 12.1. The first-order chi connectivity index (χ1) is 8.29. The number of nitrogens with zero attached hydrogens (tertiary/aromatic N) is 1. The highest BCUT2D eigenvalue weighted by atomic mass is 16.5. The second kappa shape index (κ2) is 6.36. The molecule has 1 N–H and O–H groups in total. The fourth-order valence-electron chi connectivity index (χ4n) is 3.04. The Morgan fingerprint density at radius 2 is 2.12 bits per heavy atom. The lowest BCUT2D eigenvalue weighted by Crippen LogP contribution is -2.41. The molecule has 0 aliphatic carbocycles. The molecule has 2 aliphatic rings. The molecule has 4 nitrogen and oxygen atoms in total. The first-order valence-electron chi connectivity index (χ1n) is 6.82. The SMILES string of the molecule is COC(=O)CCN1CCC(C2CCCN2)CC1. The molecule has 0 radical (unpaired) electrons. The Morgan fingerprint density at radius 1 is 1.35 bits per heavy atom. The van der Waals surface area contributed by atoms with Gasteiger partial charge in [-0.25, -0.2) is 0 Å². The minimum Gasteiger partial charge on any atom is -0.469 e. The van der Waals surface area contributed by atoms with Crippen molar-refractivity contribution in [2.45, 2.75) is 38.1 Å². The van der Waals surface area contributed by atoms with Crippen molar-refractivity contribution >= 4 is 5.97 Å². The average molecular weight is 240 g/mol. The van der Waals surface area contributed by atoms with Crippen LogP contribution in [0.3, 0.4) is 0 Å². The van der Waals surface area contributed by atoms with E-state index in [9.17, 15) is 4.79 Å². The quantitative estimate of drug-likeness (QED) is 0.745. The van der Waals surface area contributed by atoms with E-state index in [1.165, 1.54) is 39.3 Å². The molecule has 17 heavy (non-hydrogen) atoms. The number of rotatable bonds is 4. The summed E-state index contributed by atoms with van der Waals surface area (Å²) in [6.07, 6.45) is 5.78. The lowest BCUT2D eigenvalue weighted by Gasteiger charge is -2.34. The second-order valence-electron chi connectivity index (χ2n) is 5.21. The molecule has 1 atom stereocenters. The summed E-state index contributed by atoms with van der Waals surface area (Å²) in [6, 6.07) is 0.762. The summed E-state index contributed by atoms with van der Waals surface area (Å²) in [7, 11) is 1.46. The molecule has 0 saturated carbocycles. The molecule has 0 bridgehead atoms. The lowest BCUT2D eigenvalue weighted by atomic mass is 9.88. The molecule has 0 aromatic carbocycles. The molecule has 4 heteroatoms. The highest BCUT2D eigenvalue weighted by Crippen LogP contribution is 2.25. The molecule has 0 aromatic heterocycles. The zero-order valence-electron chi connectivity index (χ0n) is 10.8. The van der Waals surface area contributed by atoms with Gasteiger partial charge in [-0.05, 0) is 51.2 Å². The summed E-state index contributed by atoms with van der Waals surface area (Å²) >= 11 is 0. The van der Waals surface area contributed by atoms with Crippen LogP contribution in [0, 0.1) is 5.92 Å². The van der Waals surface area contributed by atoms with E-state index in [0.29, 0.717) is 6.42 Å². The fourth-order valence-corrected chi connectivity index (χ4v) is 3.04. The Balaban J connectivity index is 1.65. The number of hydrogen-bond donors (Lipinski definition) is 1. The van der Waals surface area contributed by atoms with E-state index < -0.39 is 0 Å². The molecule has 2 aliphatic heterocycles. The van der Waals surface area contributed by atoms with Crippen molar-refractivity contribution in [2.24, 2.45) is 5.92 Å². The molecule has 98 valence electrons. The third kappa shape index (κ3) is 3.68. The van der Waals surface area contributed by atoms with Gasteiger partial charge in [-0.15, -0.1) is 0 Å². The van der Waals surface area contributed by atoms with Gasteiger partial charge in [0.15, 0.2) is 0 Å². The highest BCUT2D eigenvalue weighted by molar-refractivity contribution is 5.69. The van der Waals surface area contributed by atoms with Crippen LogP contribution in [-0.4, -0.2) is 50.2 Å². The van der Waals surface area contributed by atoms with Crippen molar-refractivity contribution in [3.8, 4) is 0 Å². The number of likely N-dealkylation sites (tertiary alicyclic amines) is 1. The van der Waals surface area contributed by atoms with Crippen LogP contribution in [0.15, 0.2) is 0 Å². The molecule has 0 amide bonds. The van der Waals surface area contributed by atoms with Crippen LogP contribution >= 0.6 is 0 Å². The standard InChI is InChI=1S/C13H24N2O2/c1-17-13(16)6-10-15-8-4-11(5-9-15)12-3-2-7-14-12/h11-12,14H,2-10H2,1H3. The van der Waals surface area contributed by atoms with Crippen molar-refractivity contribution < 1.29 is 9.53 Å². The van der Waals surface area contributed by atoms with Crippen molar-refractivity contribution in [2.75, 3.05) is 33.3 Å². The van der Waals surface area contributed by atoms with Gasteiger partial charge in [0.1, 0.15) is 0 Å². The third-order valence-electron chi connectivity index (χ3n) is 4.16. The molecule has 2 rings (SSSR count). The van der Waals surface area contributed by atoms with Gasteiger partial charge in [0.2, 0.25) is 0 Å². The van der Waals surface area contributed by atoms with Gasteiger partial charge < -0.3 is 15.0 Å². The number of carbonyl (C=O) groups is 1. The number of ether oxygens (including phenoxy) is 1. The van der Waals surface area contributed by atoms with Crippen LogP contribution in [0.1, 0.15) is 32.1 Å². The summed E-state index contributed by atoms with van der Waals surface area (Å²) in [4.78, 5) is 13.5. The van der Waals surface area contributed by atoms with E-state index in [-0.39, 0.29) is 5.97 Å². The first-order valence-corrected chi connectivity index (χ1v) is 6.82. The number of esters is 1. The van der Waals surface area contributed by atoms with Gasteiger partial charge in [0.25, 0.3) is 0 Å². The number of nitrogens with one attached hydrogen (secondary N) is 1. The Labute approximate surface area is 104 Å². The van der Waals surface area contributed by atoms with Crippen LogP contribution in [0.2, 0.25) is 0 Å². The van der Waals surface area contributed by atoms with E-state index >= 15 is 0 Å². The van der Waals surface area contributed by atoms with Crippen LogP contribution in [-0.2, 0) is 9.53 Å². The van der Waals surface area contributed by atoms with Crippen LogP contribution in [0.25, 0.3) is 0 Å². The van der Waals surface area contributed by atoms with E-state index in [0.717, 1.165) is 31.6 Å². The Morgan fingerprint density at radius 3 is 2.71 bits per heavy atom. The van der Waals surface area contributed by atoms with Gasteiger partial charge in [0.05, 0.1) is 13.5 Å². The summed E-state index contributed by atoms with van der Waals surface area (Å²) in [5.74, 6) is 0.761. The summed E-state index contributed by atoms with van der Waals surface area (Å²) in [6.45, 7) is 4.34. The topological polar surface area (TPSA) is 41.6 Å². The maximum Gasteiger partial charge on any atom is 0.306 e. The number of hydrogen-bond acceptors (Lipinski definition) is 4. The molecule has 2 saturated heterocycles. The Kier molecular flexibility index (Phi) is 4.80. The molecular formula is C13H24N2O2. The largest absolute Gasteiger partial charge is 0.469 e. The highest BCUT2D eigenvalue weighted by Gasteiger charge is 2.28. The van der Waals surface area contributed by atoms with Gasteiger partial charge in [-0.3, -0.25) is 4.79 Å². The molecule has 0 aromatic rings. The maximum absolute atomic E-state index is 11.1. The fraction of sp³-hybridized carbons (Fsp3) is 0.923. The van der Waals surface area contributed by atoms with Gasteiger partial charge >= 0.3 is 5.97 Å². The minimum atomic E-state index is -0.0930. The molecule has 2 fully saturated rings. The Hall–Kier alpha value is -0.610. The predicted molar refractivity (Wildman–Crippen MR) is 66.8 cm³/mol. The molecule has 0 spiro atoms. The minimum absolute atomic E-state index is 0.0930. The average Bonchev–Trinajstić information content (AvgIpc) is 2.90. The lowest BCUT2D eigenvalue weighted by molar-refractivity contribution is -0.141. The van der Waals surface area contributed by atoms with Crippen molar-refractivity contribution in [1.82, 2.24) is 10.2 Å².